The molecule has 1 saturated heterocycles. The van der Waals surface area contributed by atoms with Crippen molar-refractivity contribution >= 4 is 5.91 Å². The van der Waals surface area contributed by atoms with E-state index < -0.39 is 0 Å². The molecule has 0 aromatic heterocycles. The number of carbonyl (C=O) groups is 1. The van der Waals surface area contributed by atoms with Crippen LogP contribution in [0, 0.1) is 0 Å². The van der Waals surface area contributed by atoms with Gasteiger partial charge in [0.05, 0.1) is 24.9 Å². The highest BCUT2D eigenvalue weighted by molar-refractivity contribution is 5.78. The molecule has 1 aromatic carbocycles. The summed E-state index contributed by atoms with van der Waals surface area (Å²) in [4.78, 5) is 12.0. The van der Waals surface area contributed by atoms with Crippen LogP contribution in [-0.2, 0) is 16.1 Å². The van der Waals surface area contributed by atoms with E-state index in [9.17, 15) is 4.79 Å². The molecule has 2 N–H and O–H groups in total. The Morgan fingerprint density at radius 1 is 1.26 bits per heavy atom. The number of hydrogen-bond acceptors (Lipinski definition) is 4. The highest BCUT2D eigenvalue weighted by Gasteiger charge is 2.45. The Balaban J connectivity index is 1.77. The molecule has 0 spiro atoms. The molecule has 0 radical (unpaired) electrons. The first kappa shape index (κ1) is 17.8. The van der Waals surface area contributed by atoms with Crippen molar-refractivity contribution in [2.24, 2.45) is 0 Å². The summed E-state index contributed by atoms with van der Waals surface area (Å²) < 4.78 is 11.1. The van der Waals surface area contributed by atoms with Crippen LogP contribution in [0.25, 0.3) is 0 Å². The quantitative estimate of drug-likeness (QED) is 0.844. The Labute approximate surface area is 138 Å². The second-order valence-corrected chi connectivity index (χ2v) is 7.23. The average Bonchev–Trinajstić information content (AvgIpc) is 2.70. The van der Waals surface area contributed by atoms with Crippen LogP contribution in [0.4, 0.5) is 0 Å². The number of benzene rings is 1. The summed E-state index contributed by atoms with van der Waals surface area (Å²) in [6, 6.07) is 7.84. The lowest BCUT2D eigenvalue weighted by molar-refractivity contribution is -0.120. The summed E-state index contributed by atoms with van der Waals surface area (Å²) in [6.45, 7) is 9.11. The van der Waals surface area contributed by atoms with Crippen molar-refractivity contribution in [3.05, 3.63) is 29.8 Å². The van der Waals surface area contributed by atoms with Crippen molar-refractivity contribution in [3.63, 3.8) is 0 Å². The lowest BCUT2D eigenvalue weighted by Crippen LogP contribution is -2.47. The van der Waals surface area contributed by atoms with E-state index in [-0.39, 0.29) is 23.2 Å². The van der Waals surface area contributed by atoms with Crippen molar-refractivity contribution in [2.75, 3.05) is 13.7 Å². The zero-order chi connectivity index (χ0) is 17.1. The van der Waals surface area contributed by atoms with Crippen molar-refractivity contribution < 1.29 is 14.3 Å². The first-order valence-corrected chi connectivity index (χ1v) is 8.05. The van der Waals surface area contributed by atoms with Gasteiger partial charge in [0.15, 0.2) is 0 Å². The molecule has 0 unspecified atom stereocenters. The number of ether oxygens (including phenoxy) is 2. The van der Waals surface area contributed by atoms with Gasteiger partial charge in [-0.3, -0.25) is 4.79 Å². The molecule has 1 fully saturated rings. The number of carbonyl (C=O) groups excluding carboxylic acids is 1. The van der Waals surface area contributed by atoms with Gasteiger partial charge < -0.3 is 20.1 Å². The van der Waals surface area contributed by atoms with Gasteiger partial charge in [-0.2, -0.15) is 0 Å². The molecular formula is C18H28N2O3. The Hall–Kier alpha value is -1.59. The van der Waals surface area contributed by atoms with E-state index in [4.69, 9.17) is 9.47 Å². The maximum absolute atomic E-state index is 12.0. The van der Waals surface area contributed by atoms with Gasteiger partial charge in [-0.1, -0.05) is 12.1 Å². The number of rotatable bonds is 6. The minimum atomic E-state index is -0.264. The molecule has 1 amide bonds. The molecule has 2 rings (SSSR count). The fourth-order valence-corrected chi connectivity index (χ4v) is 3.10. The van der Waals surface area contributed by atoms with Crippen LogP contribution >= 0.6 is 0 Å². The van der Waals surface area contributed by atoms with Crippen LogP contribution in [0.3, 0.4) is 0 Å². The van der Waals surface area contributed by atoms with Crippen LogP contribution in [0.5, 0.6) is 5.75 Å². The third-order valence-corrected chi connectivity index (χ3v) is 4.23. The summed E-state index contributed by atoms with van der Waals surface area (Å²) in [6.07, 6.45) is 0.895. The van der Waals surface area contributed by atoms with Crippen molar-refractivity contribution in [1.82, 2.24) is 10.6 Å². The molecule has 0 saturated carbocycles. The van der Waals surface area contributed by atoms with Crippen LogP contribution in [-0.4, -0.2) is 36.8 Å². The number of hydrogen-bond donors (Lipinski definition) is 2. The summed E-state index contributed by atoms with van der Waals surface area (Å²) in [5, 5.41) is 6.25. The highest BCUT2D eigenvalue weighted by atomic mass is 16.5. The fourth-order valence-electron chi connectivity index (χ4n) is 3.10. The predicted molar refractivity (Wildman–Crippen MR) is 90.5 cm³/mol. The lowest BCUT2D eigenvalue weighted by atomic mass is 9.94. The van der Waals surface area contributed by atoms with E-state index in [1.807, 2.05) is 24.3 Å². The van der Waals surface area contributed by atoms with Gasteiger partial charge in [0.2, 0.25) is 5.91 Å². The molecule has 1 atom stereocenters. The van der Waals surface area contributed by atoms with Crippen LogP contribution in [0.15, 0.2) is 24.3 Å². The second-order valence-electron chi connectivity index (χ2n) is 7.23. The zero-order valence-corrected chi connectivity index (χ0v) is 14.7. The molecule has 1 aliphatic rings. The van der Waals surface area contributed by atoms with Gasteiger partial charge >= 0.3 is 0 Å². The SMILES string of the molecule is COc1ccc(CNC(=O)CN[C@H]2CC(C)(C)OC2(C)C)cc1. The number of nitrogens with one attached hydrogen (secondary N) is 2. The molecule has 128 valence electrons. The molecule has 23 heavy (non-hydrogen) atoms. The second kappa shape index (κ2) is 6.89. The number of methoxy groups -OCH3 is 1. The summed E-state index contributed by atoms with van der Waals surface area (Å²) in [5.41, 5.74) is 0.630. The summed E-state index contributed by atoms with van der Waals surface area (Å²) in [7, 11) is 1.64. The maximum atomic E-state index is 12.0. The molecule has 1 heterocycles. The van der Waals surface area contributed by atoms with E-state index in [1.165, 1.54) is 0 Å². The molecule has 1 aromatic rings. The lowest BCUT2D eigenvalue weighted by Gasteiger charge is -2.27. The molecular weight excluding hydrogens is 292 g/mol. The Bertz CT molecular complexity index is 538. The normalized spacial score (nSPS) is 21.9. The largest absolute Gasteiger partial charge is 0.497 e. The predicted octanol–water partition coefficient (Wildman–Crippen LogP) is 2.25. The van der Waals surface area contributed by atoms with Gasteiger partial charge in [0, 0.05) is 12.6 Å². The summed E-state index contributed by atoms with van der Waals surface area (Å²) >= 11 is 0. The average molecular weight is 320 g/mol. The van der Waals surface area contributed by atoms with Crippen molar-refractivity contribution in [2.45, 2.75) is 57.9 Å². The highest BCUT2D eigenvalue weighted by Crippen LogP contribution is 2.37. The van der Waals surface area contributed by atoms with Crippen LogP contribution < -0.4 is 15.4 Å². The Kier molecular flexibility index (Phi) is 5.32. The van der Waals surface area contributed by atoms with Gasteiger partial charge in [0.1, 0.15) is 5.75 Å². The molecule has 0 aliphatic carbocycles. The van der Waals surface area contributed by atoms with E-state index in [1.54, 1.807) is 7.11 Å². The van der Waals surface area contributed by atoms with Gasteiger partial charge in [-0.05, 0) is 51.8 Å². The van der Waals surface area contributed by atoms with E-state index in [2.05, 4.69) is 38.3 Å². The molecule has 5 nitrogen and oxygen atoms in total. The van der Waals surface area contributed by atoms with Crippen LogP contribution in [0.1, 0.15) is 39.7 Å². The maximum Gasteiger partial charge on any atom is 0.234 e. The van der Waals surface area contributed by atoms with Crippen molar-refractivity contribution in [3.8, 4) is 5.75 Å². The van der Waals surface area contributed by atoms with Crippen LogP contribution in [0.2, 0.25) is 0 Å². The third kappa shape index (κ3) is 4.94. The first-order valence-electron chi connectivity index (χ1n) is 8.05. The fraction of sp³-hybridized carbons (Fsp3) is 0.611. The summed E-state index contributed by atoms with van der Waals surface area (Å²) in [5.74, 6) is 0.800. The molecule has 5 heteroatoms. The third-order valence-electron chi connectivity index (χ3n) is 4.23. The monoisotopic (exact) mass is 320 g/mol. The minimum absolute atomic E-state index is 0.0127. The first-order chi connectivity index (χ1) is 10.7. The van der Waals surface area contributed by atoms with E-state index in [0.717, 1.165) is 17.7 Å². The standard InChI is InChI=1S/C18H28N2O3/c1-17(2)10-15(18(3,4)23-17)19-12-16(21)20-11-13-6-8-14(22-5)9-7-13/h6-9,15,19H,10-12H2,1-5H3,(H,20,21)/t15-/m0/s1. The topological polar surface area (TPSA) is 59.6 Å². The van der Waals surface area contributed by atoms with E-state index >= 15 is 0 Å². The zero-order valence-electron chi connectivity index (χ0n) is 14.7. The Morgan fingerprint density at radius 3 is 2.43 bits per heavy atom. The Morgan fingerprint density at radius 2 is 1.91 bits per heavy atom. The van der Waals surface area contributed by atoms with E-state index in [0.29, 0.717) is 13.1 Å². The van der Waals surface area contributed by atoms with Crippen molar-refractivity contribution in [1.29, 1.82) is 0 Å². The van der Waals surface area contributed by atoms with Gasteiger partial charge in [0.25, 0.3) is 0 Å². The molecule has 0 bridgehead atoms. The smallest absolute Gasteiger partial charge is 0.234 e. The number of amides is 1. The molecule has 1 aliphatic heterocycles. The van der Waals surface area contributed by atoms with Gasteiger partial charge in [-0.15, -0.1) is 0 Å². The minimum Gasteiger partial charge on any atom is -0.497 e. The van der Waals surface area contributed by atoms with Gasteiger partial charge in [-0.25, -0.2) is 0 Å².